The van der Waals surface area contributed by atoms with Crippen LogP contribution in [0.25, 0.3) is 0 Å². The maximum absolute atomic E-state index is 14.1. The SMILES string of the molecule is FC(F)(F)C(F)(F)C(F)(F)C(F)(F)C(F)(F)C(F)(F)C(F)(F)C(F)(F)CCc1ccc(CN=Cc2ccccc2)cc1. The third kappa shape index (κ3) is 5.89. The number of halogens is 17. The fraction of sp³-hybridized carbons (Fsp3) is 0.458. The Morgan fingerprint density at radius 1 is 0.476 bits per heavy atom. The quantitative estimate of drug-likeness (QED) is 0.162. The smallest absolute Gasteiger partial charge is 0.288 e. The van der Waals surface area contributed by atoms with Crippen molar-refractivity contribution in [1.82, 2.24) is 0 Å². The first-order valence-electron chi connectivity index (χ1n) is 11.1. The molecule has 0 radical (unpaired) electrons. The number of rotatable bonds is 12. The van der Waals surface area contributed by atoms with E-state index in [1.165, 1.54) is 18.3 Å². The molecule has 0 amide bonds. The molecule has 0 spiro atoms. The van der Waals surface area contributed by atoms with Crippen molar-refractivity contribution in [2.75, 3.05) is 0 Å². The Balaban J connectivity index is 2.25. The predicted molar refractivity (Wildman–Crippen MR) is 113 cm³/mol. The molecule has 1 nitrogen and oxygen atoms in total. The molecule has 0 aliphatic rings. The number of hydrogen-bond acceptors (Lipinski definition) is 1. The summed E-state index contributed by atoms with van der Waals surface area (Å²) in [5.74, 6) is -56.2. The van der Waals surface area contributed by atoms with Crippen LogP contribution in [0.15, 0.2) is 59.6 Å². The lowest BCUT2D eigenvalue weighted by Crippen LogP contribution is -2.74. The van der Waals surface area contributed by atoms with Gasteiger partial charge in [-0.2, -0.15) is 74.6 Å². The number of nitrogens with zero attached hydrogens (tertiary/aromatic N) is 1. The van der Waals surface area contributed by atoms with Crippen molar-refractivity contribution in [1.29, 1.82) is 0 Å². The zero-order valence-corrected chi connectivity index (χ0v) is 20.3. The zero-order chi connectivity index (χ0) is 32.6. The molecule has 0 aliphatic heterocycles. The van der Waals surface area contributed by atoms with Crippen molar-refractivity contribution in [3.8, 4) is 0 Å². The number of benzene rings is 2. The van der Waals surface area contributed by atoms with Crippen LogP contribution in [0.4, 0.5) is 74.6 Å². The second-order valence-electron chi connectivity index (χ2n) is 8.85. The second kappa shape index (κ2) is 11.2. The van der Waals surface area contributed by atoms with E-state index in [-0.39, 0.29) is 12.1 Å². The molecule has 0 bridgehead atoms. The third-order valence-electron chi connectivity index (χ3n) is 5.85. The van der Waals surface area contributed by atoms with Gasteiger partial charge in [-0.3, -0.25) is 4.99 Å². The van der Waals surface area contributed by atoms with Crippen molar-refractivity contribution in [2.45, 2.75) is 67.0 Å². The first-order chi connectivity index (χ1) is 18.8. The van der Waals surface area contributed by atoms with E-state index in [9.17, 15) is 74.6 Å². The Bertz CT molecular complexity index is 1220. The zero-order valence-electron chi connectivity index (χ0n) is 20.3. The number of hydrogen-bond donors (Lipinski definition) is 0. The molecule has 0 fully saturated rings. The molecular weight excluding hydrogens is 625 g/mol. The second-order valence-corrected chi connectivity index (χ2v) is 8.85. The van der Waals surface area contributed by atoms with Crippen LogP contribution >= 0.6 is 0 Å². The summed E-state index contributed by atoms with van der Waals surface area (Å²) >= 11 is 0. The van der Waals surface area contributed by atoms with E-state index in [1.54, 1.807) is 30.3 Å². The van der Waals surface area contributed by atoms with Gasteiger partial charge in [-0.05, 0) is 23.1 Å². The van der Waals surface area contributed by atoms with E-state index in [2.05, 4.69) is 4.99 Å². The van der Waals surface area contributed by atoms with Crippen molar-refractivity contribution in [3.05, 3.63) is 71.3 Å². The molecule has 0 saturated heterocycles. The van der Waals surface area contributed by atoms with Gasteiger partial charge in [-0.1, -0.05) is 54.6 Å². The summed E-state index contributed by atoms with van der Waals surface area (Å²) in [4.78, 5) is 4.05. The Hall–Kier alpha value is -3.08. The van der Waals surface area contributed by atoms with Gasteiger partial charge in [-0.25, -0.2) is 0 Å². The maximum Gasteiger partial charge on any atom is 0.460 e. The summed E-state index contributed by atoms with van der Waals surface area (Å²) in [6.07, 6.45) is -10.1. The molecule has 0 saturated carbocycles. The molecule has 2 aromatic carbocycles. The molecular formula is C24H16F17N. The summed E-state index contributed by atoms with van der Waals surface area (Å²) < 4.78 is 227. The molecule has 0 heterocycles. The molecule has 2 aromatic rings. The van der Waals surface area contributed by atoms with Crippen LogP contribution in [0, 0.1) is 0 Å². The fourth-order valence-corrected chi connectivity index (χ4v) is 3.26. The van der Waals surface area contributed by atoms with E-state index in [1.807, 2.05) is 0 Å². The first-order valence-corrected chi connectivity index (χ1v) is 11.1. The predicted octanol–water partition coefficient (Wildman–Crippen LogP) is 9.25. The lowest BCUT2D eigenvalue weighted by molar-refractivity contribution is -0.461. The van der Waals surface area contributed by atoms with Gasteiger partial charge in [0, 0.05) is 12.6 Å². The van der Waals surface area contributed by atoms with Gasteiger partial charge in [-0.15, -0.1) is 0 Å². The van der Waals surface area contributed by atoms with Crippen molar-refractivity contribution < 1.29 is 74.6 Å². The van der Waals surface area contributed by atoms with Gasteiger partial charge < -0.3 is 0 Å². The maximum atomic E-state index is 14.1. The van der Waals surface area contributed by atoms with Gasteiger partial charge in [0.05, 0.1) is 6.54 Å². The Morgan fingerprint density at radius 2 is 0.881 bits per heavy atom. The molecule has 2 rings (SSSR count). The van der Waals surface area contributed by atoms with E-state index < -0.39 is 60.5 Å². The van der Waals surface area contributed by atoms with Crippen molar-refractivity contribution in [2.24, 2.45) is 4.99 Å². The highest BCUT2D eigenvalue weighted by atomic mass is 19.4. The number of alkyl halides is 17. The summed E-state index contributed by atoms with van der Waals surface area (Å²) in [5.41, 5.74) is 0.793. The molecule has 0 aromatic heterocycles. The summed E-state index contributed by atoms with van der Waals surface area (Å²) in [6, 6.07) is 12.9. The first kappa shape index (κ1) is 35.1. The third-order valence-corrected chi connectivity index (χ3v) is 5.85. The van der Waals surface area contributed by atoms with Crippen LogP contribution in [-0.4, -0.2) is 53.8 Å². The minimum absolute atomic E-state index is 0.0109. The van der Waals surface area contributed by atoms with Crippen molar-refractivity contribution >= 4 is 6.21 Å². The van der Waals surface area contributed by atoms with Gasteiger partial charge in [0.25, 0.3) is 0 Å². The fourth-order valence-electron chi connectivity index (χ4n) is 3.26. The highest BCUT2D eigenvalue weighted by Crippen LogP contribution is 2.64. The van der Waals surface area contributed by atoms with Gasteiger partial charge in [0.2, 0.25) is 0 Å². The molecule has 0 unspecified atom stereocenters. The van der Waals surface area contributed by atoms with Crippen LogP contribution in [0.1, 0.15) is 23.1 Å². The molecule has 0 atom stereocenters. The molecule has 42 heavy (non-hydrogen) atoms. The lowest BCUT2D eigenvalue weighted by atomic mass is 9.87. The van der Waals surface area contributed by atoms with Crippen LogP contribution in [0.2, 0.25) is 0 Å². The number of aliphatic imine (C=N–C) groups is 1. The Morgan fingerprint density at radius 3 is 1.33 bits per heavy atom. The number of aryl methyl sites for hydroxylation is 1. The van der Waals surface area contributed by atoms with Crippen LogP contribution in [-0.2, 0) is 13.0 Å². The Labute approximate surface area is 225 Å². The van der Waals surface area contributed by atoms with Crippen LogP contribution < -0.4 is 0 Å². The standard InChI is InChI=1S/C24H16F17N/c25-17(26,11-10-14-6-8-16(9-7-14)13-42-12-15-4-2-1-3-5-15)18(27,28)19(29,30)20(31,32)21(33,34)22(35,36)23(37,38)24(39,40)41/h1-9,12H,10-11,13H2. The van der Waals surface area contributed by atoms with Gasteiger partial charge in [0.15, 0.2) is 0 Å². The van der Waals surface area contributed by atoms with Gasteiger partial charge >= 0.3 is 47.6 Å². The largest absolute Gasteiger partial charge is 0.460 e. The summed E-state index contributed by atoms with van der Waals surface area (Å²) in [5, 5.41) is 0. The molecule has 0 N–H and O–H groups in total. The average molecular weight is 641 g/mol. The van der Waals surface area contributed by atoms with E-state index in [0.717, 1.165) is 12.1 Å². The highest BCUT2D eigenvalue weighted by molar-refractivity contribution is 5.79. The monoisotopic (exact) mass is 641 g/mol. The highest BCUT2D eigenvalue weighted by Gasteiger charge is 2.95. The minimum Gasteiger partial charge on any atom is -0.288 e. The van der Waals surface area contributed by atoms with Crippen molar-refractivity contribution in [3.63, 3.8) is 0 Å². The topological polar surface area (TPSA) is 12.4 Å². The summed E-state index contributed by atoms with van der Waals surface area (Å²) in [6.45, 7) is 0.0109. The summed E-state index contributed by atoms with van der Waals surface area (Å²) in [7, 11) is 0. The van der Waals surface area contributed by atoms with Crippen LogP contribution in [0.3, 0.4) is 0 Å². The normalized spacial score (nSPS) is 15.0. The lowest BCUT2D eigenvalue weighted by Gasteiger charge is -2.42. The van der Waals surface area contributed by atoms with E-state index in [4.69, 9.17) is 0 Å². The Kier molecular flexibility index (Phi) is 9.37. The average Bonchev–Trinajstić information content (AvgIpc) is 2.87. The van der Waals surface area contributed by atoms with Gasteiger partial charge in [0.1, 0.15) is 0 Å². The van der Waals surface area contributed by atoms with E-state index >= 15 is 0 Å². The molecule has 236 valence electrons. The van der Waals surface area contributed by atoms with E-state index in [0.29, 0.717) is 11.1 Å². The van der Waals surface area contributed by atoms with Crippen LogP contribution in [0.5, 0.6) is 0 Å². The molecule has 0 aliphatic carbocycles. The minimum atomic E-state index is -8.62. The molecule has 18 heteroatoms.